The Kier molecular flexibility index (Phi) is 5.03. The SMILES string of the molecule is CCCc1cc(C(=O)O)ccc1O[Si](C)(C)C(C)(C)C. The maximum Gasteiger partial charge on any atom is 0.335 e. The van der Waals surface area contributed by atoms with Crippen LogP contribution < -0.4 is 4.43 Å². The van der Waals surface area contributed by atoms with Crippen LogP contribution in [0.4, 0.5) is 0 Å². The van der Waals surface area contributed by atoms with Gasteiger partial charge in [-0.15, -0.1) is 0 Å². The van der Waals surface area contributed by atoms with Gasteiger partial charge in [-0.2, -0.15) is 0 Å². The lowest BCUT2D eigenvalue weighted by atomic mass is 10.1. The molecule has 0 radical (unpaired) electrons. The van der Waals surface area contributed by atoms with Crippen molar-refractivity contribution < 1.29 is 14.3 Å². The summed E-state index contributed by atoms with van der Waals surface area (Å²) in [7, 11) is -1.90. The first-order valence-corrected chi connectivity index (χ1v) is 10.0. The monoisotopic (exact) mass is 294 g/mol. The van der Waals surface area contributed by atoms with Crippen molar-refractivity contribution in [3.63, 3.8) is 0 Å². The summed E-state index contributed by atoms with van der Waals surface area (Å²) in [5.41, 5.74) is 1.33. The molecule has 0 spiro atoms. The fourth-order valence-corrected chi connectivity index (χ4v) is 2.76. The van der Waals surface area contributed by atoms with E-state index in [1.807, 2.05) is 6.07 Å². The predicted octanol–water partition coefficient (Wildman–Crippen LogP) is 4.72. The lowest BCUT2D eigenvalue weighted by Crippen LogP contribution is -2.44. The Hall–Kier alpha value is -1.29. The van der Waals surface area contributed by atoms with Crippen molar-refractivity contribution in [2.24, 2.45) is 0 Å². The van der Waals surface area contributed by atoms with Gasteiger partial charge in [0, 0.05) is 0 Å². The molecule has 4 heteroatoms. The van der Waals surface area contributed by atoms with Crippen LogP contribution in [-0.4, -0.2) is 19.4 Å². The number of aromatic carboxylic acids is 1. The molecule has 0 aromatic heterocycles. The Morgan fingerprint density at radius 1 is 1.30 bits per heavy atom. The van der Waals surface area contributed by atoms with Gasteiger partial charge in [0.1, 0.15) is 5.75 Å². The van der Waals surface area contributed by atoms with E-state index in [1.165, 1.54) is 0 Å². The molecule has 0 saturated carbocycles. The minimum atomic E-state index is -1.90. The molecule has 0 bridgehead atoms. The second-order valence-electron chi connectivity index (χ2n) is 6.74. The maximum absolute atomic E-state index is 11.1. The summed E-state index contributed by atoms with van der Waals surface area (Å²) in [6.07, 6.45) is 1.81. The third-order valence-electron chi connectivity index (χ3n) is 4.00. The van der Waals surface area contributed by atoms with Crippen LogP contribution in [0.15, 0.2) is 18.2 Å². The summed E-state index contributed by atoms with van der Waals surface area (Å²) >= 11 is 0. The number of aryl methyl sites for hydroxylation is 1. The highest BCUT2D eigenvalue weighted by atomic mass is 28.4. The topological polar surface area (TPSA) is 46.5 Å². The largest absolute Gasteiger partial charge is 0.543 e. The molecule has 0 aliphatic carbocycles. The van der Waals surface area contributed by atoms with E-state index in [4.69, 9.17) is 9.53 Å². The molecule has 3 nitrogen and oxygen atoms in total. The summed E-state index contributed by atoms with van der Waals surface area (Å²) in [5.74, 6) is -0.0373. The van der Waals surface area contributed by atoms with Crippen LogP contribution in [0.1, 0.15) is 50.0 Å². The van der Waals surface area contributed by atoms with E-state index >= 15 is 0 Å². The number of carboxylic acid groups (broad SMARTS) is 1. The van der Waals surface area contributed by atoms with Gasteiger partial charge in [-0.1, -0.05) is 34.1 Å². The van der Waals surface area contributed by atoms with Gasteiger partial charge in [-0.3, -0.25) is 0 Å². The van der Waals surface area contributed by atoms with Crippen molar-refractivity contribution in [3.05, 3.63) is 29.3 Å². The van der Waals surface area contributed by atoms with Gasteiger partial charge in [0.2, 0.25) is 8.32 Å². The molecular weight excluding hydrogens is 268 g/mol. The third-order valence-corrected chi connectivity index (χ3v) is 8.34. The highest BCUT2D eigenvalue weighted by Gasteiger charge is 2.39. The van der Waals surface area contributed by atoms with Gasteiger partial charge in [-0.05, 0) is 48.3 Å². The molecule has 1 rings (SSSR count). The van der Waals surface area contributed by atoms with Crippen LogP contribution in [0.3, 0.4) is 0 Å². The van der Waals surface area contributed by atoms with E-state index < -0.39 is 14.3 Å². The second-order valence-corrected chi connectivity index (χ2v) is 11.5. The lowest BCUT2D eigenvalue weighted by molar-refractivity contribution is 0.0696. The van der Waals surface area contributed by atoms with E-state index in [0.29, 0.717) is 5.56 Å². The summed E-state index contributed by atoms with van der Waals surface area (Å²) in [6.45, 7) is 13.1. The van der Waals surface area contributed by atoms with Crippen LogP contribution in [0.25, 0.3) is 0 Å². The number of hydrogen-bond donors (Lipinski definition) is 1. The van der Waals surface area contributed by atoms with E-state index in [0.717, 1.165) is 24.2 Å². The minimum absolute atomic E-state index is 0.127. The number of carboxylic acids is 1. The van der Waals surface area contributed by atoms with Crippen molar-refractivity contribution in [1.29, 1.82) is 0 Å². The molecule has 1 aromatic carbocycles. The summed E-state index contributed by atoms with van der Waals surface area (Å²) in [5, 5.41) is 9.23. The number of benzene rings is 1. The fraction of sp³-hybridized carbons (Fsp3) is 0.562. The van der Waals surface area contributed by atoms with Crippen molar-refractivity contribution in [2.45, 2.75) is 58.7 Å². The first-order chi connectivity index (χ1) is 9.08. The van der Waals surface area contributed by atoms with E-state index in [-0.39, 0.29) is 5.04 Å². The van der Waals surface area contributed by atoms with E-state index in [1.54, 1.807) is 12.1 Å². The van der Waals surface area contributed by atoms with Gasteiger partial charge in [0.25, 0.3) is 0 Å². The molecule has 20 heavy (non-hydrogen) atoms. The molecule has 0 heterocycles. The fourth-order valence-electron chi connectivity index (χ4n) is 1.70. The van der Waals surface area contributed by atoms with E-state index in [9.17, 15) is 4.79 Å². The molecule has 0 aliphatic heterocycles. The van der Waals surface area contributed by atoms with Gasteiger partial charge in [0.05, 0.1) is 5.56 Å². The van der Waals surface area contributed by atoms with Crippen molar-refractivity contribution in [1.82, 2.24) is 0 Å². The van der Waals surface area contributed by atoms with Crippen molar-refractivity contribution in [2.75, 3.05) is 0 Å². The Bertz CT molecular complexity index is 487. The van der Waals surface area contributed by atoms with Crippen molar-refractivity contribution in [3.8, 4) is 5.75 Å². The molecule has 1 aromatic rings. The van der Waals surface area contributed by atoms with E-state index in [2.05, 4.69) is 40.8 Å². The average molecular weight is 294 g/mol. The minimum Gasteiger partial charge on any atom is -0.543 e. The van der Waals surface area contributed by atoms with Gasteiger partial charge in [-0.25, -0.2) is 4.79 Å². The number of hydrogen-bond acceptors (Lipinski definition) is 2. The van der Waals surface area contributed by atoms with Crippen LogP contribution in [0.5, 0.6) is 5.75 Å². The normalized spacial score (nSPS) is 12.3. The number of rotatable bonds is 5. The Morgan fingerprint density at radius 2 is 1.90 bits per heavy atom. The second kappa shape index (κ2) is 6.00. The molecule has 0 atom stereocenters. The Balaban J connectivity index is 3.15. The van der Waals surface area contributed by atoms with Gasteiger partial charge in [0.15, 0.2) is 0 Å². The molecular formula is C16H26O3Si. The zero-order valence-corrected chi connectivity index (χ0v) is 14.4. The van der Waals surface area contributed by atoms with Crippen molar-refractivity contribution >= 4 is 14.3 Å². The summed E-state index contributed by atoms with van der Waals surface area (Å²) in [6, 6.07) is 5.19. The van der Waals surface area contributed by atoms with Gasteiger partial charge < -0.3 is 9.53 Å². The van der Waals surface area contributed by atoms with Gasteiger partial charge >= 0.3 is 5.97 Å². The zero-order chi connectivity index (χ0) is 15.6. The Labute approximate surface area is 123 Å². The molecule has 0 amide bonds. The summed E-state index contributed by atoms with van der Waals surface area (Å²) < 4.78 is 6.33. The number of carbonyl (C=O) groups is 1. The first kappa shape index (κ1) is 16.8. The maximum atomic E-state index is 11.1. The van der Waals surface area contributed by atoms with Crippen LogP contribution >= 0.6 is 0 Å². The van der Waals surface area contributed by atoms with Crippen LogP contribution in [-0.2, 0) is 6.42 Å². The first-order valence-electron chi connectivity index (χ1n) is 7.13. The summed E-state index contributed by atoms with van der Waals surface area (Å²) in [4.78, 5) is 11.1. The average Bonchev–Trinajstić information content (AvgIpc) is 2.29. The lowest BCUT2D eigenvalue weighted by Gasteiger charge is -2.37. The molecule has 0 saturated heterocycles. The molecule has 0 fully saturated rings. The standard InChI is InChI=1S/C16H26O3Si/c1-7-8-12-11-13(15(17)18)9-10-14(12)19-20(5,6)16(2,3)4/h9-11H,7-8H2,1-6H3,(H,17,18). The highest BCUT2D eigenvalue weighted by Crippen LogP contribution is 2.38. The van der Waals surface area contributed by atoms with Crippen LogP contribution in [0.2, 0.25) is 18.1 Å². The molecule has 0 unspecified atom stereocenters. The zero-order valence-electron chi connectivity index (χ0n) is 13.4. The highest BCUT2D eigenvalue weighted by molar-refractivity contribution is 6.74. The predicted molar refractivity (Wildman–Crippen MR) is 85.2 cm³/mol. The Morgan fingerprint density at radius 3 is 2.35 bits per heavy atom. The third kappa shape index (κ3) is 3.85. The smallest absolute Gasteiger partial charge is 0.335 e. The van der Waals surface area contributed by atoms with Crippen LogP contribution in [0, 0.1) is 0 Å². The molecule has 112 valence electrons. The molecule has 1 N–H and O–H groups in total. The quantitative estimate of drug-likeness (QED) is 0.799. The molecule has 0 aliphatic rings.